The molecule has 0 spiro atoms. The normalized spacial score (nSPS) is 27.0. The summed E-state index contributed by atoms with van der Waals surface area (Å²) in [6, 6.07) is 0.606. The van der Waals surface area contributed by atoms with Crippen molar-refractivity contribution in [1.82, 2.24) is 4.72 Å². The molecule has 1 unspecified atom stereocenters. The minimum absolute atomic E-state index is 0.606. The molecule has 1 saturated heterocycles. The molecule has 0 radical (unpaired) electrons. The Kier molecular flexibility index (Phi) is 3.40. The summed E-state index contributed by atoms with van der Waals surface area (Å²) < 4.78 is 8.25. The van der Waals surface area contributed by atoms with Crippen molar-refractivity contribution in [1.29, 1.82) is 0 Å². The number of hydrogen-bond donors (Lipinski definition) is 1. The maximum Gasteiger partial charge on any atom is 0.0793 e. The molecule has 0 aliphatic carbocycles. The van der Waals surface area contributed by atoms with Gasteiger partial charge in [0.2, 0.25) is 0 Å². The van der Waals surface area contributed by atoms with E-state index in [0.29, 0.717) is 6.04 Å². The van der Waals surface area contributed by atoms with Crippen LogP contribution in [0.25, 0.3) is 0 Å². The van der Waals surface area contributed by atoms with Gasteiger partial charge in [0.1, 0.15) is 0 Å². The number of unbranched alkanes of at least 4 members (excludes halogenated alkanes) is 1. The topological polar surface area (TPSA) is 21.3 Å². The summed E-state index contributed by atoms with van der Waals surface area (Å²) in [6.45, 7) is 3.09. The van der Waals surface area contributed by atoms with Crippen LogP contribution in [0.2, 0.25) is 0 Å². The summed E-state index contributed by atoms with van der Waals surface area (Å²) in [6.07, 6.45) is 3.84. The van der Waals surface area contributed by atoms with Gasteiger partial charge in [0, 0.05) is 6.04 Å². The average molecular weight is 147 g/mol. The lowest BCUT2D eigenvalue weighted by Gasteiger charge is -2.03. The minimum Gasteiger partial charge on any atom is -0.300 e. The largest absolute Gasteiger partial charge is 0.300 e. The lowest BCUT2D eigenvalue weighted by Crippen LogP contribution is -2.19. The fourth-order valence-electron chi connectivity index (χ4n) is 0.845. The van der Waals surface area contributed by atoms with Gasteiger partial charge in [-0.3, -0.25) is 4.18 Å². The number of rotatable bonds is 3. The molecule has 1 aliphatic rings. The van der Waals surface area contributed by atoms with Crippen LogP contribution in [0.3, 0.4) is 0 Å². The molecule has 1 rings (SSSR count). The fraction of sp³-hybridized carbons (Fsp3) is 1.00. The van der Waals surface area contributed by atoms with Crippen LogP contribution >= 0.6 is 12.2 Å². The Hall–Kier alpha value is 0.270. The summed E-state index contributed by atoms with van der Waals surface area (Å²) >= 11 is 1.38. The number of hydrogen-bond acceptors (Lipinski definition) is 3. The zero-order valence-electron chi connectivity index (χ0n) is 5.72. The summed E-state index contributed by atoms with van der Waals surface area (Å²) in [5, 5.41) is 0. The van der Waals surface area contributed by atoms with E-state index in [4.69, 9.17) is 4.18 Å². The standard InChI is InChI=1S/C6H13NOS/c1-2-3-4-6-5-8-9-7-6/h6-7H,2-5H2,1H3. The second kappa shape index (κ2) is 4.14. The Morgan fingerprint density at radius 3 is 3.22 bits per heavy atom. The van der Waals surface area contributed by atoms with E-state index in [9.17, 15) is 0 Å². The van der Waals surface area contributed by atoms with Crippen molar-refractivity contribution in [2.75, 3.05) is 6.61 Å². The molecule has 54 valence electrons. The van der Waals surface area contributed by atoms with Gasteiger partial charge in [0.25, 0.3) is 0 Å². The minimum atomic E-state index is 0.606. The first-order valence-corrected chi connectivity index (χ1v) is 4.21. The van der Waals surface area contributed by atoms with Crippen LogP contribution in [0.5, 0.6) is 0 Å². The maximum absolute atomic E-state index is 5.06. The van der Waals surface area contributed by atoms with Crippen LogP contribution in [0.15, 0.2) is 0 Å². The van der Waals surface area contributed by atoms with Gasteiger partial charge in [-0.25, -0.2) is 4.72 Å². The molecule has 1 aliphatic heterocycles. The van der Waals surface area contributed by atoms with Crippen LogP contribution in [0.1, 0.15) is 26.2 Å². The summed E-state index contributed by atoms with van der Waals surface area (Å²) in [4.78, 5) is 0. The van der Waals surface area contributed by atoms with Crippen molar-refractivity contribution in [2.45, 2.75) is 32.2 Å². The molecule has 0 saturated carbocycles. The van der Waals surface area contributed by atoms with Crippen molar-refractivity contribution in [2.24, 2.45) is 0 Å². The van der Waals surface area contributed by atoms with Gasteiger partial charge >= 0.3 is 0 Å². The molecule has 0 amide bonds. The van der Waals surface area contributed by atoms with E-state index in [-0.39, 0.29) is 0 Å². The van der Waals surface area contributed by atoms with E-state index in [0.717, 1.165) is 6.61 Å². The molecule has 0 aromatic rings. The molecule has 2 nitrogen and oxygen atoms in total. The maximum atomic E-state index is 5.06. The summed E-state index contributed by atoms with van der Waals surface area (Å²) in [5.41, 5.74) is 0. The van der Waals surface area contributed by atoms with Crippen LogP contribution in [-0.4, -0.2) is 12.6 Å². The predicted molar refractivity (Wildman–Crippen MR) is 40.0 cm³/mol. The van der Waals surface area contributed by atoms with E-state index >= 15 is 0 Å². The van der Waals surface area contributed by atoms with E-state index < -0.39 is 0 Å². The molecule has 1 atom stereocenters. The van der Waals surface area contributed by atoms with E-state index in [1.807, 2.05) is 0 Å². The van der Waals surface area contributed by atoms with E-state index in [1.54, 1.807) is 0 Å². The average Bonchev–Trinajstić information content (AvgIpc) is 2.34. The third kappa shape index (κ3) is 2.56. The second-order valence-corrected chi connectivity index (χ2v) is 2.96. The molecule has 0 aromatic heterocycles. The van der Waals surface area contributed by atoms with Gasteiger partial charge in [-0.15, -0.1) is 0 Å². The Labute approximate surface area is 60.7 Å². The second-order valence-electron chi connectivity index (χ2n) is 2.32. The van der Waals surface area contributed by atoms with Crippen LogP contribution in [0, 0.1) is 0 Å². The van der Waals surface area contributed by atoms with Crippen LogP contribution in [-0.2, 0) is 4.18 Å². The molecular formula is C6H13NOS. The third-order valence-electron chi connectivity index (χ3n) is 1.45. The molecule has 3 heteroatoms. The Morgan fingerprint density at radius 2 is 2.67 bits per heavy atom. The fourth-order valence-corrected chi connectivity index (χ4v) is 1.47. The smallest absolute Gasteiger partial charge is 0.0793 e. The predicted octanol–water partition coefficient (Wildman–Crippen LogP) is 1.73. The summed E-state index contributed by atoms with van der Waals surface area (Å²) in [7, 11) is 0. The highest BCUT2D eigenvalue weighted by Gasteiger charge is 2.14. The van der Waals surface area contributed by atoms with Gasteiger partial charge in [-0.05, 0) is 6.42 Å². The first-order valence-electron chi connectivity index (χ1n) is 3.47. The van der Waals surface area contributed by atoms with Crippen molar-refractivity contribution in [3.05, 3.63) is 0 Å². The molecule has 0 bridgehead atoms. The van der Waals surface area contributed by atoms with Crippen molar-refractivity contribution in [3.63, 3.8) is 0 Å². The monoisotopic (exact) mass is 147 g/mol. The van der Waals surface area contributed by atoms with Crippen molar-refractivity contribution >= 4 is 12.2 Å². The highest BCUT2D eigenvalue weighted by Crippen LogP contribution is 2.13. The SMILES string of the molecule is CCCCC1COSN1. The molecule has 1 N–H and O–H groups in total. The van der Waals surface area contributed by atoms with E-state index in [1.165, 1.54) is 31.5 Å². The van der Waals surface area contributed by atoms with Gasteiger partial charge in [0.05, 0.1) is 18.8 Å². The van der Waals surface area contributed by atoms with Crippen molar-refractivity contribution in [3.8, 4) is 0 Å². The first-order chi connectivity index (χ1) is 4.43. The van der Waals surface area contributed by atoms with Gasteiger partial charge in [-0.2, -0.15) is 0 Å². The van der Waals surface area contributed by atoms with Crippen LogP contribution < -0.4 is 4.72 Å². The Balaban J connectivity index is 1.98. The first kappa shape index (κ1) is 7.38. The van der Waals surface area contributed by atoms with Gasteiger partial charge in [-0.1, -0.05) is 19.8 Å². The number of nitrogens with one attached hydrogen (secondary N) is 1. The molecule has 9 heavy (non-hydrogen) atoms. The lowest BCUT2D eigenvalue weighted by atomic mass is 10.1. The molecule has 0 aromatic carbocycles. The van der Waals surface area contributed by atoms with Crippen LogP contribution in [0.4, 0.5) is 0 Å². The lowest BCUT2D eigenvalue weighted by molar-refractivity contribution is 0.357. The van der Waals surface area contributed by atoms with Gasteiger partial charge < -0.3 is 0 Å². The quantitative estimate of drug-likeness (QED) is 0.485. The molecule has 1 fully saturated rings. The third-order valence-corrected chi connectivity index (χ3v) is 2.13. The van der Waals surface area contributed by atoms with E-state index in [2.05, 4.69) is 11.6 Å². The highest BCUT2D eigenvalue weighted by molar-refractivity contribution is 7.92. The Bertz CT molecular complexity index is 73.5. The van der Waals surface area contributed by atoms with Gasteiger partial charge in [0.15, 0.2) is 0 Å². The van der Waals surface area contributed by atoms with Crippen molar-refractivity contribution < 1.29 is 4.18 Å². The summed E-state index contributed by atoms with van der Waals surface area (Å²) in [5.74, 6) is 0. The highest BCUT2D eigenvalue weighted by atomic mass is 32.2. The zero-order valence-corrected chi connectivity index (χ0v) is 6.54. The Morgan fingerprint density at radius 1 is 1.78 bits per heavy atom. The molecular weight excluding hydrogens is 134 g/mol. The zero-order chi connectivity index (χ0) is 6.53. The molecule has 1 heterocycles.